The summed E-state index contributed by atoms with van der Waals surface area (Å²) in [5.41, 5.74) is 1.06. The zero-order chi connectivity index (χ0) is 5.40. The molecule has 0 amide bonds. The molecule has 0 fully saturated rings. The second-order valence-corrected chi connectivity index (χ2v) is 1.80. The van der Waals surface area contributed by atoms with Crippen LogP contribution >= 0.6 is 0 Å². The first-order valence-corrected chi connectivity index (χ1v) is 2.60. The van der Waals surface area contributed by atoms with Gasteiger partial charge in [-0.25, -0.2) is 0 Å². The van der Waals surface area contributed by atoms with Crippen molar-refractivity contribution in [3.8, 4) is 0 Å². The molecule has 0 bridgehead atoms. The van der Waals surface area contributed by atoms with E-state index in [1.807, 2.05) is 0 Å². The monoisotopic (exact) mass is 110 g/mol. The van der Waals surface area contributed by atoms with Gasteiger partial charge in [0.1, 0.15) is 5.69 Å². The number of fused-ring (bicyclic) bond motifs is 1. The molecular formula is C4H6N4. The number of H-pyrrole nitrogens is 1. The molecule has 2 rings (SSSR count). The summed E-state index contributed by atoms with van der Waals surface area (Å²) in [7, 11) is 0. The minimum Gasteiger partial charge on any atom is -0.367 e. The molecule has 2 N–H and O–H groups in total. The highest BCUT2D eigenvalue weighted by Crippen LogP contribution is 2.13. The molecule has 0 spiro atoms. The largest absolute Gasteiger partial charge is 0.367 e. The number of anilines is 1. The van der Waals surface area contributed by atoms with Gasteiger partial charge in [-0.2, -0.15) is 10.3 Å². The van der Waals surface area contributed by atoms with Crippen LogP contribution in [0.1, 0.15) is 5.69 Å². The van der Waals surface area contributed by atoms with Gasteiger partial charge in [0, 0.05) is 13.0 Å². The highest BCUT2D eigenvalue weighted by atomic mass is 15.4. The van der Waals surface area contributed by atoms with Crippen LogP contribution in [0.2, 0.25) is 0 Å². The zero-order valence-electron chi connectivity index (χ0n) is 4.31. The number of aromatic nitrogens is 3. The average molecular weight is 110 g/mol. The first kappa shape index (κ1) is 3.88. The minimum absolute atomic E-state index is 0.921. The first-order valence-electron chi connectivity index (χ1n) is 2.60. The molecular weight excluding hydrogens is 104 g/mol. The van der Waals surface area contributed by atoms with Gasteiger partial charge in [0.2, 0.25) is 0 Å². The molecule has 42 valence electrons. The summed E-state index contributed by atoms with van der Waals surface area (Å²) < 4.78 is 0. The van der Waals surface area contributed by atoms with E-state index < -0.39 is 0 Å². The van der Waals surface area contributed by atoms with Crippen molar-refractivity contribution in [2.75, 3.05) is 11.9 Å². The Kier molecular flexibility index (Phi) is 0.588. The van der Waals surface area contributed by atoms with E-state index in [2.05, 4.69) is 20.7 Å². The quantitative estimate of drug-likeness (QED) is 0.485. The third-order valence-corrected chi connectivity index (χ3v) is 1.27. The van der Waals surface area contributed by atoms with E-state index in [1.54, 1.807) is 0 Å². The number of aromatic amines is 1. The number of hydrogen-bond acceptors (Lipinski definition) is 3. The Hall–Kier alpha value is -1.06. The lowest BCUT2D eigenvalue weighted by atomic mass is 10.4. The lowest BCUT2D eigenvalue weighted by molar-refractivity contribution is 0.885. The molecule has 0 unspecified atom stereocenters. The second-order valence-electron chi connectivity index (χ2n) is 1.80. The highest BCUT2D eigenvalue weighted by Gasteiger charge is 2.12. The van der Waals surface area contributed by atoms with Gasteiger partial charge in [0.25, 0.3) is 0 Å². The molecule has 4 heteroatoms. The standard InChI is InChI=1S/C4H6N4/c1-2-5-4-3(1)6-8-7-4/h1-2H2,(H2,5,6,7,8). The molecule has 8 heavy (non-hydrogen) atoms. The van der Waals surface area contributed by atoms with Gasteiger partial charge in [-0.05, 0) is 0 Å². The van der Waals surface area contributed by atoms with Crippen molar-refractivity contribution in [3.63, 3.8) is 0 Å². The van der Waals surface area contributed by atoms with Crippen LogP contribution in [0.5, 0.6) is 0 Å². The molecule has 0 saturated carbocycles. The van der Waals surface area contributed by atoms with Gasteiger partial charge < -0.3 is 5.32 Å². The van der Waals surface area contributed by atoms with E-state index in [0.717, 1.165) is 24.5 Å². The van der Waals surface area contributed by atoms with E-state index in [9.17, 15) is 0 Å². The fourth-order valence-electron chi connectivity index (χ4n) is 0.868. The molecule has 0 aromatic carbocycles. The van der Waals surface area contributed by atoms with Gasteiger partial charge in [-0.15, -0.1) is 5.10 Å². The van der Waals surface area contributed by atoms with Crippen LogP contribution in [0.3, 0.4) is 0 Å². The minimum atomic E-state index is 0.921. The Morgan fingerprint density at radius 3 is 3.25 bits per heavy atom. The fourth-order valence-corrected chi connectivity index (χ4v) is 0.868. The van der Waals surface area contributed by atoms with Gasteiger partial charge in [-0.1, -0.05) is 0 Å². The Labute approximate surface area is 46.3 Å². The van der Waals surface area contributed by atoms with Crippen molar-refractivity contribution in [3.05, 3.63) is 5.69 Å². The van der Waals surface area contributed by atoms with E-state index >= 15 is 0 Å². The summed E-state index contributed by atoms with van der Waals surface area (Å²) in [6.07, 6.45) is 1.01. The van der Waals surface area contributed by atoms with Crippen LogP contribution in [-0.2, 0) is 6.42 Å². The predicted molar refractivity (Wildman–Crippen MR) is 28.6 cm³/mol. The topological polar surface area (TPSA) is 53.6 Å². The maximum absolute atomic E-state index is 3.90. The van der Waals surface area contributed by atoms with Crippen molar-refractivity contribution in [1.29, 1.82) is 0 Å². The van der Waals surface area contributed by atoms with Gasteiger partial charge >= 0.3 is 0 Å². The summed E-state index contributed by atoms with van der Waals surface area (Å²) >= 11 is 0. The molecule has 1 aliphatic rings. The van der Waals surface area contributed by atoms with Crippen LogP contribution < -0.4 is 5.32 Å². The molecule has 4 nitrogen and oxygen atoms in total. The maximum atomic E-state index is 3.90. The van der Waals surface area contributed by atoms with E-state index in [1.165, 1.54) is 0 Å². The Morgan fingerprint density at radius 2 is 2.38 bits per heavy atom. The van der Waals surface area contributed by atoms with Crippen LogP contribution in [-0.4, -0.2) is 22.0 Å². The molecule has 1 aromatic heterocycles. The molecule has 1 aliphatic heterocycles. The zero-order valence-corrected chi connectivity index (χ0v) is 4.31. The van der Waals surface area contributed by atoms with Gasteiger partial charge in [0.05, 0.1) is 0 Å². The third-order valence-electron chi connectivity index (χ3n) is 1.27. The Bertz CT molecular complexity index is 173. The summed E-state index contributed by atoms with van der Waals surface area (Å²) in [6, 6.07) is 0. The number of rotatable bonds is 0. The second kappa shape index (κ2) is 1.21. The molecule has 0 atom stereocenters. The lowest BCUT2D eigenvalue weighted by Crippen LogP contribution is -1.94. The maximum Gasteiger partial charge on any atom is 0.171 e. The molecule has 2 heterocycles. The normalized spacial score (nSPS) is 15.5. The number of nitrogens with zero attached hydrogens (tertiary/aromatic N) is 2. The van der Waals surface area contributed by atoms with Crippen molar-refractivity contribution in [2.24, 2.45) is 0 Å². The summed E-state index contributed by atoms with van der Waals surface area (Å²) in [6.45, 7) is 0.985. The Morgan fingerprint density at radius 1 is 1.38 bits per heavy atom. The molecule has 0 radical (unpaired) electrons. The summed E-state index contributed by atoms with van der Waals surface area (Å²) in [4.78, 5) is 0. The predicted octanol–water partition coefficient (Wildman–Crippen LogP) is -0.227. The van der Waals surface area contributed by atoms with E-state index in [0.29, 0.717) is 0 Å². The van der Waals surface area contributed by atoms with Crippen molar-refractivity contribution < 1.29 is 0 Å². The number of hydrogen-bond donors (Lipinski definition) is 2. The summed E-state index contributed by atoms with van der Waals surface area (Å²) in [5.74, 6) is 0.921. The van der Waals surface area contributed by atoms with Crippen LogP contribution in [0.4, 0.5) is 5.82 Å². The molecule has 0 aliphatic carbocycles. The van der Waals surface area contributed by atoms with Crippen molar-refractivity contribution in [2.45, 2.75) is 6.42 Å². The highest BCUT2D eigenvalue weighted by molar-refractivity contribution is 5.43. The van der Waals surface area contributed by atoms with Crippen LogP contribution in [0.25, 0.3) is 0 Å². The smallest absolute Gasteiger partial charge is 0.171 e. The number of nitrogens with one attached hydrogen (secondary N) is 2. The summed E-state index contributed by atoms with van der Waals surface area (Å²) in [5, 5.41) is 13.4. The van der Waals surface area contributed by atoms with E-state index in [4.69, 9.17) is 0 Å². The lowest BCUT2D eigenvalue weighted by Gasteiger charge is -1.83. The van der Waals surface area contributed by atoms with Crippen LogP contribution in [0.15, 0.2) is 0 Å². The van der Waals surface area contributed by atoms with E-state index in [-0.39, 0.29) is 0 Å². The molecule has 1 aromatic rings. The molecule has 0 saturated heterocycles. The average Bonchev–Trinajstić information content (AvgIpc) is 2.15. The first-order chi connectivity index (χ1) is 3.97. The third kappa shape index (κ3) is 0.344. The SMILES string of the molecule is C1Cc2n[nH]nc2N1. The van der Waals surface area contributed by atoms with Gasteiger partial charge in [0.15, 0.2) is 5.82 Å². The van der Waals surface area contributed by atoms with Crippen molar-refractivity contribution in [1.82, 2.24) is 15.4 Å². The van der Waals surface area contributed by atoms with Crippen LogP contribution in [0, 0.1) is 0 Å². The van der Waals surface area contributed by atoms with Crippen molar-refractivity contribution >= 4 is 5.82 Å². The fraction of sp³-hybridized carbons (Fsp3) is 0.500. The van der Waals surface area contributed by atoms with Gasteiger partial charge in [-0.3, -0.25) is 0 Å². The Balaban J connectivity index is 2.54.